The minimum Gasteiger partial charge on any atom is -0.309 e. The Kier molecular flexibility index (Phi) is 5.00. The molecule has 0 radical (unpaired) electrons. The molecule has 3 aromatic heterocycles. The van der Waals surface area contributed by atoms with Crippen molar-refractivity contribution in [1.29, 1.82) is 0 Å². The maximum Gasteiger partial charge on any atom is 0.0716 e. The molecule has 0 aliphatic carbocycles. The summed E-state index contributed by atoms with van der Waals surface area (Å²) in [5, 5.41) is 7.55. The van der Waals surface area contributed by atoms with E-state index in [-0.39, 0.29) is 0 Å². The van der Waals surface area contributed by atoms with Crippen molar-refractivity contribution in [3.05, 3.63) is 164 Å². The van der Waals surface area contributed by atoms with Crippen molar-refractivity contribution in [1.82, 2.24) is 13.9 Å². The number of hydrogen-bond acceptors (Lipinski definition) is 0. The van der Waals surface area contributed by atoms with Crippen LogP contribution in [0.3, 0.4) is 0 Å². The SMILES string of the molecule is c1ccc(-n2c3ccccc3c3ccc(-c4ccc5c(c4)c4ccccc4n5-n4c5ccccc5c5ccccc54)cc32)cc1. The van der Waals surface area contributed by atoms with Gasteiger partial charge in [0.2, 0.25) is 0 Å². The molecule has 3 heterocycles. The molecule has 0 aliphatic heterocycles. The van der Waals surface area contributed by atoms with Crippen LogP contribution in [-0.2, 0) is 0 Å². The number of fused-ring (bicyclic) bond motifs is 9. The van der Waals surface area contributed by atoms with Crippen LogP contribution in [0.25, 0.3) is 82.2 Å². The molecule has 3 nitrogen and oxygen atoms in total. The van der Waals surface area contributed by atoms with Gasteiger partial charge < -0.3 is 4.57 Å². The van der Waals surface area contributed by atoms with Gasteiger partial charge in [-0.1, -0.05) is 109 Å². The molecule has 7 aromatic carbocycles. The van der Waals surface area contributed by atoms with E-state index in [1.807, 2.05) is 0 Å². The van der Waals surface area contributed by atoms with Gasteiger partial charge in [-0.2, -0.15) is 0 Å². The first kappa shape index (κ1) is 24.4. The minimum absolute atomic E-state index is 1.17. The van der Waals surface area contributed by atoms with E-state index in [1.165, 1.54) is 82.2 Å². The summed E-state index contributed by atoms with van der Waals surface area (Å²) in [6.45, 7) is 0. The summed E-state index contributed by atoms with van der Waals surface area (Å²) in [7, 11) is 0. The molecular weight excluding hydrogens is 546 g/mol. The minimum atomic E-state index is 1.17. The predicted molar refractivity (Wildman–Crippen MR) is 189 cm³/mol. The maximum atomic E-state index is 2.40. The lowest BCUT2D eigenvalue weighted by atomic mass is 10.0. The predicted octanol–water partition coefficient (Wildman–Crippen LogP) is 11.0. The molecular formula is C42H27N3. The largest absolute Gasteiger partial charge is 0.309 e. The Labute approximate surface area is 259 Å². The Hall–Kier alpha value is -6.06. The molecule has 0 saturated carbocycles. The third-order valence-electron chi connectivity index (χ3n) is 9.42. The van der Waals surface area contributed by atoms with E-state index in [9.17, 15) is 0 Å². The summed E-state index contributed by atoms with van der Waals surface area (Å²) in [5.41, 5.74) is 10.8. The molecule has 3 heteroatoms. The molecule has 210 valence electrons. The summed E-state index contributed by atoms with van der Waals surface area (Å²) < 4.78 is 7.18. The van der Waals surface area contributed by atoms with Crippen molar-refractivity contribution >= 4 is 65.4 Å². The van der Waals surface area contributed by atoms with E-state index in [4.69, 9.17) is 0 Å². The molecule has 45 heavy (non-hydrogen) atoms. The Morgan fingerprint density at radius 2 is 0.689 bits per heavy atom. The quantitative estimate of drug-likeness (QED) is 0.200. The smallest absolute Gasteiger partial charge is 0.0716 e. The van der Waals surface area contributed by atoms with Crippen LogP contribution in [0.5, 0.6) is 0 Å². The molecule has 0 N–H and O–H groups in total. The number of nitrogens with zero attached hydrogens (tertiary/aromatic N) is 3. The number of hydrogen-bond donors (Lipinski definition) is 0. The molecule has 0 aliphatic rings. The Morgan fingerprint density at radius 3 is 1.31 bits per heavy atom. The van der Waals surface area contributed by atoms with E-state index in [2.05, 4.69) is 178 Å². The normalized spacial score (nSPS) is 12.0. The Morgan fingerprint density at radius 1 is 0.267 bits per heavy atom. The molecule has 0 fully saturated rings. The second kappa shape index (κ2) is 9.22. The third kappa shape index (κ3) is 3.41. The number of aromatic nitrogens is 3. The van der Waals surface area contributed by atoms with Gasteiger partial charge in [0.05, 0.1) is 33.1 Å². The van der Waals surface area contributed by atoms with Crippen molar-refractivity contribution < 1.29 is 0 Å². The number of rotatable bonds is 3. The van der Waals surface area contributed by atoms with Crippen molar-refractivity contribution in [2.75, 3.05) is 0 Å². The highest BCUT2D eigenvalue weighted by atomic mass is 15.5. The van der Waals surface area contributed by atoms with Gasteiger partial charge >= 0.3 is 0 Å². The zero-order valence-electron chi connectivity index (χ0n) is 24.4. The molecule has 0 amide bonds. The number of para-hydroxylation sites is 5. The standard InChI is InChI=1S/C42H27N3/c1-2-12-30(13-3-1)43-37-18-8-4-14-31(37)35-24-22-29(27-42(35)43)28-23-25-41-36(26-28)34-17-7-11-21-40(34)45(41)44-38-19-9-5-15-32(38)33-16-6-10-20-39(33)44/h1-27H. The van der Waals surface area contributed by atoms with Crippen LogP contribution in [0.15, 0.2) is 164 Å². The molecule has 0 bridgehead atoms. The van der Waals surface area contributed by atoms with Gasteiger partial charge in [-0.3, -0.25) is 0 Å². The van der Waals surface area contributed by atoms with Crippen LogP contribution in [0, 0.1) is 0 Å². The van der Waals surface area contributed by atoms with Crippen LogP contribution in [0.1, 0.15) is 0 Å². The van der Waals surface area contributed by atoms with Crippen molar-refractivity contribution in [2.24, 2.45) is 0 Å². The third-order valence-corrected chi connectivity index (χ3v) is 9.42. The first-order valence-electron chi connectivity index (χ1n) is 15.5. The summed E-state index contributed by atoms with van der Waals surface area (Å²) >= 11 is 0. The fourth-order valence-electron chi connectivity index (χ4n) is 7.47. The fourth-order valence-corrected chi connectivity index (χ4v) is 7.47. The van der Waals surface area contributed by atoms with Gasteiger partial charge in [-0.25, -0.2) is 9.35 Å². The lowest BCUT2D eigenvalue weighted by Gasteiger charge is -2.13. The highest BCUT2D eigenvalue weighted by Gasteiger charge is 2.18. The molecule has 0 spiro atoms. The van der Waals surface area contributed by atoms with Gasteiger partial charge in [0.25, 0.3) is 0 Å². The van der Waals surface area contributed by atoms with Crippen molar-refractivity contribution in [3.63, 3.8) is 0 Å². The first-order valence-corrected chi connectivity index (χ1v) is 15.5. The second-order valence-electron chi connectivity index (χ2n) is 11.8. The summed E-state index contributed by atoms with van der Waals surface area (Å²) in [4.78, 5) is 0. The van der Waals surface area contributed by atoms with Crippen LogP contribution >= 0.6 is 0 Å². The first-order chi connectivity index (χ1) is 22.3. The van der Waals surface area contributed by atoms with E-state index in [0.717, 1.165) is 0 Å². The summed E-state index contributed by atoms with van der Waals surface area (Å²) in [5.74, 6) is 0. The zero-order chi connectivity index (χ0) is 29.5. The average molecular weight is 574 g/mol. The van der Waals surface area contributed by atoms with E-state index >= 15 is 0 Å². The van der Waals surface area contributed by atoms with E-state index in [1.54, 1.807) is 0 Å². The van der Waals surface area contributed by atoms with E-state index in [0.29, 0.717) is 0 Å². The summed E-state index contributed by atoms with van der Waals surface area (Å²) in [6.07, 6.45) is 0. The topological polar surface area (TPSA) is 14.8 Å². The lowest BCUT2D eigenvalue weighted by molar-refractivity contribution is 0.775. The highest BCUT2D eigenvalue weighted by molar-refractivity contribution is 6.13. The monoisotopic (exact) mass is 573 g/mol. The molecule has 0 saturated heterocycles. The Bertz CT molecular complexity index is 2700. The molecule has 0 unspecified atom stereocenters. The van der Waals surface area contributed by atoms with Crippen molar-refractivity contribution in [3.8, 4) is 16.8 Å². The van der Waals surface area contributed by atoms with Gasteiger partial charge in [-0.15, -0.1) is 0 Å². The van der Waals surface area contributed by atoms with Crippen LogP contribution < -0.4 is 0 Å². The summed E-state index contributed by atoms with van der Waals surface area (Å²) in [6, 6.07) is 59.5. The molecule has 10 rings (SSSR count). The van der Waals surface area contributed by atoms with Gasteiger partial charge in [0, 0.05) is 38.0 Å². The van der Waals surface area contributed by atoms with E-state index < -0.39 is 0 Å². The Balaban J connectivity index is 1.24. The van der Waals surface area contributed by atoms with Gasteiger partial charge in [0.15, 0.2) is 0 Å². The fraction of sp³-hybridized carbons (Fsp3) is 0. The van der Waals surface area contributed by atoms with Crippen molar-refractivity contribution in [2.45, 2.75) is 0 Å². The number of benzene rings is 7. The molecule has 10 aromatic rings. The lowest BCUT2D eigenvalue weighted by Crippen LogP contribution is -2.08. The van der Waals surface area contributed by atoms with Crippen LogP contribution in [0.2, 0.25) is 0 Å². The zero-order valence-corrected chi connectivity index (χ0v) is 24.4. The second-order valence-corrected chi connectivity index (χ2v) is 11.8. The van der Waals surface area contributed by atoms with Crippen LogP contribution in [-0.4, -0.2) is 13.9 Å². The van der Waals surface area contributed by atoms with Gasteiger partial charge in [-0.05, 0) is 65.7 Å². The maximum absolute atomic E-state index is 2.40. The highest BCUT2D eigenvalue weighted by Crippen LogP contribution is 2.39. The van der Waals surface area contributed by atoms with Crippen LogP contribution in [0.4, 0.5) is 0 Å². The average Bonchev–Trinajstić information content (AvgIpc) is 3.73. The molecule has 0 atom stereocenters. The van der Waals surface area contributed by atoms with Gasteiger partial charge in [0.1, 0.15) is 0 Å².